The highest BCUT2D eigenvalue weighted by Gasteiger charge is 2.37. The number of amides is 7. The Balaban J connectivity index is 3.94. The van der Waals surface area contributed by atoms with E-state index in [0.29, 0.717) is 6.42 Å². The number of nitrogens with one attached hydrogen (secondary N) is 7. The molecule has 1 aliphatic rings. The summed E-state index contributed by atoms with van der Waals surface area (Å²) in [5.41, 5.74) is 0. The molecule has 1 saturated heterocycles. The fraction of sp³-hybridized carbons (Fsp3) is 0.811. The Morgan fingerprint density at radius 2 is 0.822 bits per heavy atom. The molecule has 0 aromatic carbocycles. The molecule has 9 N–H and O–H groups in total. The second-order valence-corrected chi connectivity index (χ2v) is 21.9. The number of carboxylic acid groups (broad SMARTS) is 2. The normalized spacial score (nSPS) is 23.9. The lowest BCUT2D eigenvalue weighted by atomic mass is 9.98. The summed E-state index contributed by atoms with van der Waals surface area (Å²) >= 11 is 0. The van der Waals surface area contributed by atoms with Crippen molar-refractivity contribution in [2.45, 2.75) is 247 Å². The quantitative estimate of drug-likeness (QED) is 0.0421. The van der Waals surface area contributed by atoms with Crippen LogP contribution in [-0.2, 0) is 52.7 Å². The van der Waals surface area contributed by atoms with Crippen molar-refractivity contribution in [3.05, 3.63) is 0 Å². The van der Waals surface area contributed by atoms with Crippen LogP contribution in [0.25, 0.3) is 0 Å². The molecule has 20 heteroatoms. The van der Waals surface area contributed by atoms with Crippen molar-refractivity contribution in [2.24, 2.45) is 29.6 Å². The van der Waals surface area contributed by atoms with E-state index < -0.39 is 133 Å². The monoisotopic (exact) mass is 1040 g/mol. The van der Waals surface area contributed by atoms with Gasteiger partial charge in [0.25, 0.3) is 0 Å². The standard InChI is InChI=1S/C53H93N7O13/c1-12-13-14-15-16-17-18-19-20-21-22-36-29-43(61)54-37(23-24-44(62)63)47(66)55-38(25-31(2)3)48(67)56-39(26-32(4)5)49(68)57-40(27-33(6)7)50(69)59-42(30-45(64)65)51(70)58-41(28-34(8)9)52(71)60-46(35(10)11)53(72)73-36/h31-42,46H,12-30H2,1-11H3,(H,54,61)(H,55,66)(H,56,67)(H,57,68)(H,58,70)(H,59,69)(H,60,71)(H,62,63)(H,64,65). The number of carbonyl (C=O) groups excluding carboxylic acids is 8. The fourth-order valence-corrected chi connectivity index (χ4v) is 8.61. The molecule has 1 aliphatic heterocycles. The minimum absolute atomic E-state index is 0.0298. The number of carbonyl (C=O) groups is 10. The van der Waals surface area contributed by atoms with E-state index in [2.05, 4.69) is 44.1 Å². The molecule has 418 valence electrons. The van der Waals surface area contributed by atoms with E-state index >= 15 is 0 Å². The highest BCUT2D eigenvalue weighted by atomic mass is 16.5. The molecule has 1 rings (SSSR count). The van der Waals surface area contributed by atoms with Gasteiger partial charge in [-0.05, 0) is 74.5 Å². The van der Waals surface area contributed by atoms with Gasteiger partial charge in [-0.1, -0.05) is 134 Å². The van der Waals surface area contributed by atoms with Crippen LogP contribution in [0.4, 0.5) is 0 Å². The molecule has 0 aliphatic carbocycles. The first-order chi connectivity index (χ1) is 34.2. The van der Waals surface area contributed by atoms with Gasteiger partial charge >= 0.3 is 17.9 Å². The minimum atomic E-state index is -1.72. The van der Waals surface area contributed by atoms with Crippen molar-refractivity contribution < 1.29 is 62.9 Å². The van der Waals surface area contributed by atoms with E-state index in [4.69, 9.17) is 4.74 Å². The number of cyclic esters (lactones) is 1. The Morgan fingerprint density at radius 3 is 1.19 bits per heavy atom. The third-order valence-corrected chi connectivity index (χ3v) is 12.5. The van der Waals surface area contributed by atoms with Gasteiger partial charge in [-0.2, -0.15) is 0 Å². The van der Waals surface area contributed by atoms with Crippen LogP contribution < -0.4 is 37.2 Å². The summed E-state index contributed by atoms with van der Waals surface area (Å²) in [6, 6.07) is -9.63. The average Bonchev–Trinajstić information content (AvgIpc) is 3.27. The van der Waals surface area contributed by atoms with Crippen molar-refractivity contribution in [3.8, 4) is 0 Å². The molecule has 0 aromatic heterocycles. The number of unbranched alkanes of at least 4 members (excludes halogenated alkanes) is 9. The number of carboxylic acids is 2. The molecule has 0 radical (unpaired) electrons. The van der Waals surface area contributed by atoms with E-state index in [0.717, 1.165) is 38.5 Å². The van der Waals surface area contributed by atoms with Crippen LogP contribution in [-0.4, -0.2) is 118 Å². The molecule has 7 amide bonds. The molecular weight excluding hydrogens is 943 g/mol. The SMILES string of the molecule is CCCCCCCCCCCCC1CC(=O)NC(CCC(=O)O)C(=O)NC(CC(C)C)C(=O)NC(CC(C)C)C(=O)NC(CC(C)C)C(=O)NC(CC(=O)O)C(=O)NC(CC(C)C)C(=O)NC(C(C)C)C(=O)O1. The number of hydrogen-bond donors (Lipinski definition) is 9. The summed E-state index contributed by atoms with van der Waals surface area (Å²) in [6.07, 6.45) is 7.45. The number of esters is 1. The third kappa shape index (κ3) is 28.1. The van der Waals surface area contributed by atoms with E-state index in [1.165, 1.54) is 19.3 Å². The van der Waals surface area contributed by atoms with Crippen LogP contribution in [0.1, 0.15) is 198 Å². The average molecular weight is 1040 g/mol. The Hall–Kier alpha value is -5.30. The zero-order valence-corrected chi connectivity index (χ0v) is 45.8. The fourth-order valence-electron chi connectivity index (χ4n) is 8.61. The first-order valence-corrected chi connectivity index (χ1v) is 27.0. The van der Waals surface area contributed by atoms with E-state index in [-0.39, 0.29) is 62.2 Å². The van der Waals surface area contributed by atoms with E-state index in [9.17, 15) is 58.2 Å². The van der Waals surface area contributed by atoms with Crippen LogP contribution in [0.3, 0.4) is 0 Å². The lowest BCUT2D eigenvalue weighted by Crippen LogP contribution is -2.60. The lowest BCUT2D eigenvalue weighted by molar-refractivity contribution is -0.156. The number of aliphatic carboxylic acids is 2. The second kappa shape index (κ2) is 35.0. The Morgan fingerprint density at radius 1 is 0.466 bits per heavy atom. The van der Waals surface area contributed by atoms with Gasteiger partial charge in [-0.3, -0.25) is 43.2 Å². The highest BCUT2D eigenvalue weighted by molar-refractivity contribution is 5.98. The van der Waals surface area contributed by atoms with Gasteiger partial charge in [0.15, 0.2) is 0 Å². The van der Waals surface area contributed by atoms with Gasteiger partial charge in [0, 0.05) is 6.42 Å². The van der Waals surface area contributed by atoms with Gasteiger partial charge in [0.05, 0.1) is 12.8 Å². The molecule has 73 heavy (non-hydrogen) atoms. The van der Waals surface area contributed by atoms with Gasteiger partial charge in [-0.25, -0.2) is 4.79 Å². The predicted octanol–water partition coefficient (Wildman–Crippen LogP) is 5.19. The minimum Gasteiger partial charge on any atom is -0.481 e. The second-order valence-electron chi connectivity index (χ2n) is 21.9. The van der Waals surface area contributed by atoms with Crippen LogP contribution in [0.5, 0.6) is 0 Å². The zero-order valence-electron chi connectivity index (χ0n) is 45.8. The van der Waals surface area contributed by atoms with Crippen LogP contribution in [0, 0.1) is 29.6 Å². The molecule has 20 nitrogen and oxygen atoms in total. The van der Waals surface area contributed by atoms with Gasteiger partial charge in [-0.15, -0.1) is 0 Å². The first kappa shape index (κ1) is 65.7. The molecule has 8 unspecified atom stereocenters. The van der Waals surface area contributed by atoms with Crippen molar-refractivity contribution in [2.75, 3.05) is 0 Å². The van der Waals surface area contributed by atoms with Gasteiger partial charge in [0.2, 0.25) is 41.4 Å². The van der Waals surface area contributed by atoms with Crippen LogP contribution >= 0.6 is 0 Å². The zero-order chi connectivity index (χ0) is 55.4. The molecule has 1 heterocycles. The van der Waals surface area contributed by atoms with Crippen LogP contribution in [0.15, 0.2) is 0 Å². The maximum Gasteiger partial charge on any atom is 0.329 e. The Labute approximate surface area is 434 Å². The smallest absolute Gasteiger partial charge is 0.329 e. The topological polar surface area (TPSA) is 305 Å². The van der Waals surface area contributed by atoms with Crippen LogP contribution in [0.2, 0.25) is 0 Å². The lowest BCUT2D eigenvalue weighted by Gasteiger charge is -2.29. The van der Waals surface area contributed by atoms with Gasteiger partial charge < -0.3 is 52.2 Å². The maximum atomic E-state index is 14.2. The maximum absolute atomic E-state index is 14.2. The number of hydrogen-bond acceptors (Lipinski definition) is 11. The van der Waals surface area contributed by atoms with Crippen molar-refractivity contribution in [1.29, 1.82) is 0 Å². The van der Waals surface area contributed by atoms with Gasteiger partial charge in [0.1, 0.15) is 48.4 Å². The molecule has 0 aromatic rings. The summed E-state index contributed by atoms with van der Waals surface area (Å²) in [7, 11) is 0. The molecule has 8 atom stereocenters. The van der Waals surface area contributed by atoms with E-state index in [1.807, 2.05) is 13.8 Å². The van der Waals surface area contributed by atoms with Crippen molar-refractivity contribution >= 4 is 59.3 Å². The number of rotatable bonds is 25. The summed E-state index contributed by atoms with van der Waals surface area (Å²) < 4.78 is 6.01. The Kier molecular flexibility index (Phi) is 31.5. The summed E-state index contributed by atoms with van der Waals surface area (Å²) in [4.78, 5) is 137. The van der Waals surface area contributed by atoms with E-state index in [1.54, 1.807) is 55.4 Å². The Bertz CT molecular complexity index is 1790. The predicted molar refractivity (Wildman–Crippen MR) is 276 cm³/mol. The highest BCUT2D eigenvalue weighted by Crippen LogP contribution is 2.19. The molecule has 0 saturated carbocycles. The summed E-state index contributed by atoms with van der Waals surface area (Å²) in [6.45, 7) is 19.9. The molecular formula is C53H93N7O13. The first-order valence-electron chi connectivity index (χ1n) is 27.0. The molecule has 1 fully saturated rings. The number of ether oxygens (including phenoxy) is 1. The molecule has 0 spiro atoms. The largest absolute Gasteiger partial charge is 0.481 e. The molecule has 0 bridgehead atoms. The summed E-state index contributed by atoms with van der Waals surface area (Å²) in [5.74, 6) is -10.8. The summed E-state index contributed by atoms with van der Waals surface area (Å²) in [5, 5.41) is 37.9. The van der Waals surface area contributed by atoms with Crippen molar-refractivity contribution in [3.63, 3.8) is 0 Å². The van der Waals surface area contributed by atoms with Crippen molar-refractivity contribution in [1.82, 2.24) is 37.2 Å². The third-order valence-electron chi connectivity index (χ3n) is 12.5.